The van der Waals surface area contributed by atoms with Gasteiger partial charge in [0, 0.05) is 35.6 Å². The average molecular weight is 200 g/mol. The summed E-state index contributed by atoms with van der Waals surface area (Å²) in [6.07, 6.45) is 7.52. The number of fused-ring (bicyclic) bond motifs is 1. The average Bonchev–Trinajstić information content (AvgIpc) is 2.26. The summed E-state index contributed by atoms with van der Waals surface area (Å²) < 4.78 is 0. The van der Waals surface area contributed by atoms with Gasteiger partial charge in [0.05, 0.1) is 5.52 Å². The largest absolute Gasteiger partial charge is 0.478 e. The fourth-order valence-electron chi connectivity index (χ4n) is 1.31. The van der Waals surface area contributed by atoms with Gasteiger partial charge in [-0.15, -0.1) is 0 Å². The highest BCUT2D eigenvalue weighted by Crippen LogP contribution is 2.15. The van der Waals surface area contributed by atoms with Crippen LogP contribution in [0.15, 0.2) is 36.8 Å². The first kappa shape index (κ1) is 9.33. The fourth-order valence-corrected chi connectivity index (χ4v) is 1.31. The standard InChI is InChI=1S/C11H8N2O2/c14-10(15)4-3-9-7-12-6-8-2-1-5-13-11(8)9/h1-7H,(H,14,15)/b4-3-. The molecular weight excluding hydrogens is 192 g/mol. The molecule has 2 rings (SSSR count). The minimum absolute atomic E-state index is 0.704. The minimum Gasteiger partial charge on any atom is -0.478 e. The Morgan fingerprint density at radius 3 is 3.07 bits per heavy atom. The topological polar surface area (TPSA) is 63.1 Å². The lowest BCUT2D eigenvalue weighted by molar-refractivity contribution is -0.131. The molecule has 15 heavy (non-hydrogen) atoms. The molecule has 0 bridgehead atoms. The van der Waals surface area contributed by atoms with Gasteiger partial charge in [0.15, 0.2) is 0 Å². The molecule has 0 aliphatic carbocycles. The number of hydrogen-bond donors (Lipinski definition) is 1. The summed E-state index contributed by atoms with van der Waals surface area (Å²) in [5, 5.41) is 9.41. The number of carboxylic acids is 1. The maximum absolute atomic E-state index is 10.4. The first-order valence-corrected chi connectivity index (χ1v) is 4.37. The van der Waals surface area contributed by atoms with E-state index in [0.717, 1.165) is 17.0 Å². The zero-order valence-corrected chi connectivity index (χ0v) is 7.79. The fraction of sp³-hybridized carbons (Fsp3) is 0. The van der Waals surface area contributed by atoms with Crippen molar-refractivity contribution in [2.24, 2.45) is 0 Å². The van der Waals surface area contributed by atoms with Crippen molar-refractivity contribution in [3.8, 4) is 0 Å². The summed E-state index contributed by atoms with van der Waals surface area (Å²) in [5.41, 5.74) is 1.46. The first-order chi connectivity index (χ1) is 7.27. The Hall–Kier alpha value is -2.23. The Balaban J connectivity index is 2.56. The molecule has 1 N–H and O–H groups in total. The smallest absolute Gasteiger partial charge is 0.328 e. The quantitative estimate of drug-likeness (QED) is 0.750. The Kier molecular flexibility index (Phi) is 2.41. The van der Waals surface area contributed by atoms with Crippen molar-refractivity contribution in [2.45, 2.75) is 0 Å². The molecule has 0 saturated carbocycles. The van der Waals surface area contributed by atoms with Crippen molar-refractivity contribution in [1.29, 1.82) is 0 Å². The molecule has 0 aliphatic heterocycles. The SMILES string of the molecule is O=C(O)/C=C\c1cncc2cccnc12. The Morgan fingerprint density at radius 1 is 1.40 bits per heavy atom. The van der Waals surface area contributed by atoms with Gasteiger partial charge in [0.1, 0.15) is 0 Å². The monoisotopic (exact) mass is 200 g/mol. The van der Waals surface area contributed by atoms with Gasteiger partial charge < -0.3 is 5.11 Å². The van der Waals surface area contributed by atoms with E-state index in [-0.39, 0.29) is 0 Å². The van der Waals surface area contributed by atoms with Crippen molar-refractivity contribution in [3.63, 3.8) is 0 Å². The predicted molar refractivity (Wildman–Crippen MR) is 56.2 cm³/mol. The molecule has 2 heterocycles. The third-order valence-electron chi connectivity index (χ3n) is 1.95. The number of carboxylic acid groups (broad SMARTS) is 1. The lowest BCUT2D eigenvalue weighted by Gasteiger charge is -1.98. The van der Waals surface area contributed by atoms with Crippen molar-refractivity contribution in [2.75, 3.05) is 0 Å². The van der Waals surface area contributed by atoms with Crippen LogP contribution in [0.5, 0.6) is 0 Å². The second kappa shape index (κ2) is 3.88. The van der Waals surface area contributed by atoms with Crippen molar-refractivity contribution in [1.82, 2.24) is 9.97 Å². The molecule has 4 heteroatoms. The summed E-state index contributed by atoms with van der Waals surface area (Å²) in [4.78, 5) is 18.6. The molecule has 0 saturated heterocycles. The van der Waals surface area contributed by atoms with E-state index in [4.69, 9.17) is 5.11 Å². The maximum atomic E-state index is 10.4. The first-order valence-electron chi connectivity index (χ1n) is 4.37. The number of pyridine rings is 2. The van der Waals surface area contributed by atoms with Gasteiger partial charge >= 0.3 is 5.97 Å². The van der Waals surface area contributed by atoms with Crippen LogP contribution in [0.4, 0.5) is 0 Å². The zero-order valence-electron chi connectivity index (χ0n) is 7.79. The maximum Gasteiger partial charge on any atom is 0.328 e. The Morgan fingerprint density at radius 2 is 2.27 bits per heavy atom. The van der Waals surface area contributed by atoms with Gasteiger partial charge in [0.25, 0.3) is 0 Å². The van der Waals surface area contributed by atoms with Crippen LogP contribution in [0.3, 0.4) is 0 Å². The number of hydrogen-bond acceptors (Lipinski definition) is 3. The molecule has 0 spiro atoms. The number of rotatable bonds is 2. The molecule has 0 aliphatic rings. The second-order valence-corrected chi connectivity index (χ2v) is 2.98. The molecule has 2 aromatic heterocycles. The third-order valence-corrected chi connectivity index (χ3v) is 1.95. The van der Waals surface area contributed by atoms with Gasteiger partial charge in [-0.05, 0) is 18.2 Å². The summed E-state index contributed by atoms with van der Waals surface area (Å²) in [6.45, 7) is 0. The van der Waals surface area contributed by atoms with Gasteiger partial charge in [-0.2, -0.15) is 0 Å². The van der Waals surface area contributed by atoms with Crippen LogP contribution < -0.4 is 0 Å². The number of aromatic nitrogens is 2. The molecule has 0 atom stereocenters. The van der Waals surface area contributed by atoms with E-state index in [9.17, 15) is 4.79 Å². The van der Waals surface area contributed by atoms with Crippen LogP contribution in [-0.2, 0) is 4.79 Å². The zero-order chi connectivity index (χ0) is 10.7. The Labute approximate surface area is 85.9 Å². The molecule has 2 aromatic rings. The van der Waals surface area contributed by atoms with E-state index in [0.29, 0.717) is 5.56 Å². The molecule has 0 fully saturated rings. The molecule has 0 unspecified atom stereocenters. The van der Waals surface area contributed by atoms with Crippen LogP contribution in [-0.4, -0.2) is 21.0 Å². The van der Waals surface area contributed by atoms with Gasteiger partial charge in [-0.3, -0.25) is 9.97 Å². The van der Waals surface area contributed by atoms with E-state index in [1.807, 2.05) is 12.1 Å². The van der Waals surface area contributed by atoms with Gasteiger partial charge in [0.2, 0.25) is 0 Å². The predicted octanol–water partition coefficient (Wildman–Crippen LogP) is 1.73. The summed E-state index contributed by atoms with van der Waals surface area (Å²) in [6, 6.07) is 3.70. The Bertz CT molecular complexity index is 530. The van der Waals surface area contributed by atoms with Crippen LogP contribution in [0.25, 0.3) is 17.0 Å². The second-order valence-electron chi connectivity index (χ2n) is 2.98. The lowest BCUT2D eigenvalue weighted by Crippen LogP contribution is -1.88. The highest BCUT2D eigenvalue weighted by atomic mass is 16.4. The summed E-state index contributed by atoms with van der Waals surface area (Å²) in [5.74, 6) is -0.983. The number of aliphatic carboxylic acids is 1. The highest BCUT2D eigenvalue weighted by Gasteiger charge is 1.99. The van der Waals surface area contributed by atoms with Crippen LogP contribution in [0, 0.1) is 0 Å². The third kappa shape index (κ3) is 1.99. The number of carbonyl (C=O) groups is 1. The van der Waals surface area contributed by atoms with Crippen molar-refractivity contribution < 1.29 is 9.90 Å². The molecule has 0 radical (unpaired) electrons. The number of nitrogens with zero attached hydrogens (tertiary/aromatic N) is 2. The van der Waals surface area contributed by atoms with Crippen LogP contribution in [0.2, 0.25) is 0 Å². The molecule has 0 aromatic carbocycles. The van der Waals surface area contributed by atoms with E-state index in [1.54, 1.807) is 18.6 Å². The molecule has 74 valence electrons. The highest BCUT2D eigenvalue weighted by molar-refractivity contribution is 5.91. The molecule has 4 nitrogen and oxygen atoms in total. The van der Waals surface area contributed by atoms with E-state index in [1.165, 1.54) is 6.08 Å². The van der Waals surface area contributed by atoms with Crippen LogP contribution >= 0.6 is 0 Å². The lowest BCUT2D eigenvalue weighted by atomic mass is 10.2. The summed E-state index contributed by atoms with van der Waals surface area (Å²) in [7, 11) is 0. The van der Waals surface area contributed by atoms with Gasteiger partial charge in [-0.1, -0.05) is 0 Å². The van der Waals surface area contributed by atoms with E-state index in [2.05, 4.69) is 9.97 Å². The van der Waals surface area contributed by atoms with Crippen molar-refractivity contribution >= 4 is 22.9 Å². The van der Waals surface area contributed by atoms with E-state index >= 15 is 0 Å². The minimum atomic E-state index is -0.983. The van der Waals surface area contributed by atoms with Crippen LogP contribution in [0.1, 0.15) is 5.56 Å². The van der Waals surface area contributed by atoms with E-state index < -0.39 is 5.97 Å². The van der Waals surface area contributed by atoms with Gasteiger partial charge in [-0.25, -0.2) is 4.79 Å². The normalized spacial score (nSPS) is 10.9. The summed E-state index contributed by atoms with van der Waals surface area (Å²) >= 11 is 0. The molecule has 0 amide bonds. The van der Waals surface area contributed by atoms with Crippen molar-refractivity contribution in [3.05, 3.63) is 42.4 Å². The molecular formula is C11H8N2O2.